The average Bonchev–Trinajstić information content (AvgIpc) is 3.03. The molecule has 0 fully saturated rings. The number of ether oxygens (including phenoxy) is 1. The van der Waals surface area contributed by atoms with Crippen molar-refractivity contribution >= 4 is 16.9 Å². The highest BCUT2D eigenvalue weighted by Crippen LogP contribution is 2.27. The van der Waals surface area contributed by atoms with Gasteiger partial charge in [0.25, 0.3) is 0 Å². The number of hydrogen-bond donors (Lipinski definition) is 2. The number of nitrogens with one attached hydrogen (secondary N) is 1. The van der Waals surface area contributed by atoms with Crippen molar-refractivity contribution in [2.75, 3.05) is 7.11 Å². The third kappa shape index (κ3) is 3.80. The number of unbranched alkanes of at least 4 members (excludes halogenated alkanes) is 1. The number of rotatable bonds is 7. The van der Waals surface area contributed by atoms with Crippen LogP contribution >= 0.6 is 0 Å². The number of hydrogen-bond acceptors (Lipinski definition) is 4. The molecule has 0 aliphatic heterocycles. The van der Waals surface area contributed by atoms with E-state index in [4.69, 9.17) is 14.9 Å². The highest BCUT2D eigenvalue weighted by Gasteiger charge is 2.12. The van der Waals surface area contributed by atoms with E-state index in [9.17, 15) is 4.79 Å². The molecule has 3 rings (SSSR count). The number of nitrogens with zero attached hydrogens (tertiary/aromatic N) is 2. The van der Waals surface area contributed by atoms with Gasteiger partial charge in [-0.25, -0.2) is 10.5 Å². The molecule has 0 aliphatic carbocycles. The molecule has 0 aliphatic rings. The van der Waals surface area contributed by atoms with Gasteiger partial charge in [-0.1, -0.05) is 12.1 Å². The Bertz CT molecular complexity index is 856. The molecule has 0 spiro atoms. The Morgan fingerprint density at radius 3 is 2.64 bits per heavy atom. The van der Waals surface area contributed by atoms with Gasteiger partial charge in [0.2, 0.25) is 5.91 Å². The fraction of sp³-hybridized carbons (Fsp3) is 0.263. The maximum Gasteiger partial charge on any atom is 0.243 e. The van der Waals surface area contributed by atoms with Gasteiger partial charge in [-0.15, -0.1) is 0 Å². The fourth-order valence-corrected chi connectivity index (χ4v) is 2.87. The smallest absolute Gasteiger partial charge is 0.243 e. The van der Waals surface area contributed by atoms with Crippen LogP contribution in [0.3, 0.4) is 0 Å². The first kappa shape index (κ1) is 17.0. The Morgan fingerprint density at radius 1 is 1.16 bits per heavy atom. The zero-order chi connectivity index (χ0) is 17.6. The number of aromatic nitrogens is 2. The van der Waals surface area contributed by atoms with Gasteiger partial charge in [0.15, 0.2) is 0 Å². The number of imidazole rings is 1. The Hall–Kier alpha value is -2.86. The molecule has 0 saturated carbocycles. The molecule has 6 nitrogen and oxygen atoms in total. The molecule has 1 aromatic heterocycles. The molecule has 0 radical (unpaired) electrons. The molecule has 2 aromatic carbocycles. The molecule has 130 valence electrons. The minimum Gasteiger partial charge on any atom is -0.497 e. The second-order valence-electron chi connectivity index (χ2n) is 5.80. The summed E-state index contributed by atoms with van der Waals surface area (Å²) in [5.41, 5.74) is 4.70. The van der Waals surface area contributed by atoms with E-state index in [1.54, 1.807) is 12.6 Å². The number of methoxy groups -OCH3 is 1. The first-order valence-electron chi connectivity index (χ1n) is 8.25. The summed E-state index contributed by atoms with van der Waals surface area (Å²) in [6, 6.07) is 15.9. The van der Waals surface area contributed by atoms with Crippen molar-refractivity contribution in [2.45, 2.75) is 25.8 Å². The van der Waals surface area contributed by atoms with E-state index >= 15 is 0 Å². The average molecular weight is 339 g/mol. The molecule has 3 aromatic rings. The lowest BCUT2D eigenvalue weighted by atomic mass is 10.2. The lowest BCUT2D eigenvalue weighted by Crippen LogP contribution is -2.18. The number of benzene rings is 2. The van der Waals surface area contributed by atoms with Gasteiger partial charge in [0.1, 0.15) is 11.6 Å². The van der Waals surface area contributed by atoms with Crippen molar-refractivity contribution in [3.05, 3.63) is 48.5 Å². The summed E-state index contributed by atoms with van der Waals surface area (Å²) in [7, 11) is 1.65. The quantitative estimate of drug-likeness (QED) is 0.393. The highest BCUT2D eigenvalue weighted by atomic mass is 16.5. The second kappa shape index (κ2) is 7.81. The van der Waals surface area contributed by atoms with Crippen molar-refractivity contribution in [1.82, 2.24) is 15.0 Å². The van der Waals surface area contributed by atoms with E-state index < -0.39 is 0 Å². The lowest BCUT2D eigenvalue weighted by molar-refractivity contribution is -0.129. The van der Waals surface area contributed by atoms with Crippen molar-refractivity contribution in [2.24, 2.45) is 0 Å². The summed E-state index contributed by atoms with van der Waals surface area (Å²) in [5, 5.41) is 8.57. The van der Waals surface area contributed by atoms with Crippen LogP contribution < -0.4 is 10.2 Å². The van der Waals surface area contributed by atoms with E-state index in [1.807, 2.05) is 42.5 Å². The van der Waals surface area contributed by atoms with Crippen LogP contribution in [0.4, 0.5) is 0 Å². The van der Waals surface area contributed by atoms with Gasteiger partial charge < -0.3 is 9.30 Å². The Balaban J connectivity index is 1.87. The third-order valence-corrected chi connectivity index (χ3v) is 4.16. The van der Waals surface area contributed by atoms with Gasteiger partial charge in [0, 0.05) is 18.5 Å². The zero-order valence-electron chi connectivity index (χ0n) is 14.1. The minimum atomic E-state index is -0.356. The molecule has 0 atom stereocenters. The first-order chi connectivity index (χ1) is 12.2. The number of fused-ring (bicyclic) bond motifs is 1. The molecule has 0 unspecified atom stereocenters. The molecule has 6 heteroatoms. The Morgan fingerprint density at radius 2 is 1.92 bits per heavy atom. The number of carbonyl (C=O) groups is 1. The van der Waals surface area contributed by atoms with Crippen LogP contribution in [-0.2, 0) is 11.3 Å². The monoisotopic (exact) mass is 339 g/mol. The summed E-state index contributed by atoms with van der Waals surface area (Å²) in [6.45, 7) is 0.751. The van der Waals surface area contributed by atoms with Crippen LogP contribution in [0.1, 0.15) is 19.3 Å². The summed E-state index contributed by atoms with van der Waals surface area (Å²) < 4.78 is 7.40. The second-order valence-corrected chi connectivity index (χ2v) is 5.80. The molecule has 0 bridgehead atoms. The number of amides is 1. The maximum absolute atomic E-state index is 11.1. The van der Waals surface area contributed by atoms with Crippen LogP contribution in [0.15, 0.2) is 48.5 Å². The number of carbonyl (C=O) groups excluding carboxylic acids is 1. The number of aryl methyl sites for hydroxylation is 1. The van der Waals surface area contributed by atoms with Gasteiger partial charge in [-0.2, -0.15) is 0 Å². The normalized spacial score (nSPS) is 10.8. The van der Waals surface area contributed by atoms with Gasteiger partial charge in [-0.05, 0) is 49.2 Å². The Labute approximate surface area is 146 Å². The largest absolute Gasteiger partial charge is 0.497 e. The lowest BCUT2D eigenvalue weighted by Gasteiger charge is -2.10. The van der Waals surface area contributed by atoms with Crippen LogP contribution in [0.25, 0.3) is 22.4 Å². The van der Waals surface area contributed by atoms with Crippen LogP contribution in [0, 0.1) is 0 Å². The van der Waals surface area contributed by atoms with Crippen LogP contribution in [0.5, 0.6) is 5.75 Å². The topological polar surface area (TPSA) is 76.4 Å². The van der Waals surface area contributed by atoms with E-state index in [0.717, 1.165) is 41.1 Å². The van der Waals surface area contributed by atoms with Gasteiger partial charge in [0.05, 0.1) is 18.1 Å². The molecule has 1 heterocycles. The predicted molar refractivity (Wildman–Crippen MR) is 95.5 cm³/mol. The van der Waals surface area contributed by atoms with Crippen LogP contribution in [0.2, 0.25) is 0 Å². The molecule has 25 heavy (non-hydrogen) atoms. The first-order valence-corrected chi connectivity index (χ1v) is 8.25. The summed E-state index contributed by atoms with van der Waals surface area (Å²) >= 11 is 0. The van der Waals surface area contributed by atoms with Gasteiger partial charge >= 0.3 is 0 Å². The minimum absolute atomic E-state index is 0.307. The summed E-state index contributed by atoms with van der Waals surface area (Å²) in [6.07, 6.45) is 1.82. The van der Waals surface area contributed by atoms with Gasteiger partial charge in [-0.3, -0.25) is 10.0 Å². The highest BCUT2D eigenvalue weighted by molar-refractivity contribution is 5.80. The number of hydroxylamine groups is 1. The summed E-state index contributed by atoms with van der Waals surface area (Å²) in [5.74, 6) is 1.35. The van der Waals surface area contributed by atoms with Crippen LogP contribution in [-0.4, -0.2) is 27.8 Å². The van der Waals surface area contributed by atoms with E-state index in [1.165, 1.54) is 0 Å². The van der Waals surface area contributed by atoms with Crippen molar-refractivity contribution in [3.63, 3.8) is 0 Å². The maximum atomic E-state index is 11.1. The SMILES string of the molecule is COc1ccc(-c2nc3ccccc3n2CCCCC(=O)NO)cc1. The Kier molecular flexibility index (Phi) is 5.30. The van der Waals surface area contributed by atoms with E-state index in [-0.39, 0.29) is 5.91 Å². The fourth-order valence-electron chi connectivity index (χ4n) is 2.87. The molecular formula is C19H21N3O3. The summed E-state index contributed by atoms with van der Waals surface area (Å²) in [4.78, 5) is 15.9. The van der Waals surface area contributed by atoms with Crippen molar-refractivity contribution < 1.29 is 14.7 Å². The van der Waals surface area contributed by atoms with Crippen molar-refractivity contribution in [3.8, 4) is 17.1 Å². The molecule has 1 amide bonds. The van der Waals surface area contributed by atoms with E-state index in [0.29, 0.717) is 12.8 Å². The molecular weight excluding hydrogens is 318 g/mol. The van der Waals surface area contributed by atoms with Crippen molar-refractivity contribution in [1.29, 1.82) is 0 Å². The third-order valence-electron chi connectivity index (χ3n) is 4.16. The number of para-hydroxylation sites is 2. The standard InChI is InChI=1S/C19H21N3O3/c1-25-15-11-9-14(10-12-15)19-20-16-6-2-3-7-17(16)22(19)13-5-4-8-18(23)21-24/h2-3,6-7,9-12,24H,4-5,8,13H2,1H3,(H,21,23). The predicted octanol–water partition coefficient (Wildman–Crippen LogP) is 3.39. The molecule has 2 N–H and O–H groups in total. The molecule has 0 saturated heterocycles. The van der Waals surface area contributed by atoms with E-state index in [2.05, 4.69) is 10.6 Å². The zero-order valence-corrected chi connectivity index (χ0v) is 14.1.